The van der Waals surface area contributed by atoms with Crippen molar-refractivity contribution in [2.45, 2.75) is 19.8 Å². The van der Waals surface area contributed by atoms with E-state index in [0.717, 1.165) is 36.3 Å². The number of nitrogens with two attached hydrogens (primary N) is 2. The van der Waals surface area contributed by atoms with Crippen LogP contribution in [-0.4, -0.2) is 18.7 Å². The summed E-state index contributed by atoms with van der Waals surface area (Å²) in [4.78, 5) is 3.97. The minimum atomic E-state index is 0.703. The Morgan fingerprint density at radius 3 is 2.56 bits per heavy atom. The fourth-order valence-corrected chi connectivity index (χ4v) is 1.61. The smallest absolute Gasteiger partial charge is 0.0465 e. The van der Waals surface area contributed by atoms with Gasteiger partial charge in [-0.15, -0.1) is 0 Å². The zero-order chi connectivity index (χ0) is 13.4. The molecule has 4 N–H and O–H groups in total. The molecule has 1 rings (SSSR count). The summed E-state index contributed by atoms with van der Waals surface area (Å²) in [7, 11) is 1.69. The van der Waals surface area contributed by atoms with Crippen LogP contribution in [-0.2, 0) is 4.74 Å². The normalized spacial score (nSPS) is 13.3. The third-order valence-corrected chi connectivity index (χ3v) is 2.64. The lowest BCUT2D eigenvalue weighted by Gasteiger charge is -2.07. The van der Waals surface area contributed by atoms with Crippen LogP contribution in [0.25, 0.3) is 5.70 Å². The minimum Gasteiger partial charge on any atom is -0.402 e. The Labute approximate surface area is 108 Å². The lowest BCUT2D eigenvalue weighted by atomic mass is 10.0. The first-order chi connectivity index (χ1) is 8.65. The van der Waals surface area contributed by atoms with Gasteiger partial charge in [0, 0.05) is 43.1 Å². The summed E-state index contributed by atoms with van der Waals surface area (Å²) in [6, 6.07) is 3.76. The largest absolute Gasteiger partial charge is 0.402 e. The van der Waals surface area contributed by atoms with Crippen LogP contribution in [0.3, 0.4) is 0 Å². The Bertz CT molecular complexity index is 420. The molecular formula is C14H21N3O. The molecule has 0 aliphatic carbocycles. The van der Waals surface area contributed by atoms with E-state index >= 15 is 0 Å². The molecule has 1 heterocycles. The second kappa shape index (κ2) is 7.50. The highest BCUT2D eigenvalue weighted by Gasteiger charge is 2.01. The maximum atomic E-state index is 6.05. The Hall–Kier alpha value is -1.81. The van der Waals surface area contributed by atoms with Gasteiger partial charge in [0.05, 0.1) is 0 Å². The molecule has 0 saturated carbocycles. The molecule has 0 spiro atoms. The molecule has 0 fully saturated rings. The van der Waals surface area contributed by atoms with Crippen molar-refractivity contribution in [3.63, 3.8) is 0 Å². The topological polar surface area (TPSA) is 74.2 Å². The molecule has 4 nitrogen and oxygen atoms in total. The molecule has 4 heteroatoms. The van der Waals surface area contributed by atoms with E-state index < -0.39 is 0 Å². The minimum absolute atomic E-state index is 0.703. The average molecular weight is 247 g/mol. The molecule has 0 unspecified atom stereocenters. The maximum absolute atomic E-state index is 6.05. The number of hydrogen-bond donors (Lipinski definition) is 2. The van der Waals surface area contributed by atoms with Gasteiger partial charge in [-0.25, -0.2) is 0 Å². The van der Waals surface area contributed by atoms with Gasteiger partial charge in [0.15, 0.2) is 0 Å². The first-order valence-corrected chi connectivity index (χ1v) is 5.97. The van der Waals surface area contributed by atoms with E-state index in [4.69, 9.17) is 16.2 Å². The predicted octanol–water partition coefficient (Wildman–Crippen LogP) is 2.04. The second-order valence-electron chi connectivity index (χ2n) is 4.14. The lowest BCUT2D eigenvalue weighted by Crippen LogP contribution is -2.02. The van der Waals surface area contributed by atoms with Crippen molar-refractivity contribution in [1.82, 2.24) is 4.98 Å². The number of nitrogens with zero attached hydrogens (tertiary/aromatic N) is 1. The van der Waals surface area contributed by atoms with Gasteiger partial charge in [-0.2, -0.15) is 0 Å². The van der Waals surface area contributed by atoms with E-state index in [0.29, 0.717) is 5.70 Å². The Morgan fingerprint density at radius 2 is 2.00 bits per heavy atom. The highest BCUT2D eigenvalue weighted by molar-refractivity contribution is 5.65. The van der Waals surface area contributed by atoms with Gasteiger partial charge in [0.2, 0.25) is 0 Å². The molecule has 0 aliphatic heterocycles. The highest BCUT2D eigenvalue weighted by Crippen LogP contribution is 2.15. The fourth-order valence-electron chi connectivity index (χ4n) is 1.61. The first kappa shape index (κ1) is 14.3. The number of pyridine rings is 1. The lowest BCUT2D eigenvalue weighted by molar-refractivity contribution is 0.195. The molecule has 98 valence electrons. The molecule has 0 saturated heterocycles. The zero-order valence-electron chi connectivity index (χ0n) is 11.0. The van der Waals surface area contributed by atoms with Gasteiger partial charge in [-0.3, -0.25) is 4.98 Å². The van der Waals surface area contributed by atoms with Crippen LogP contribution in [0.5, 0.6) is 0 Å². The van der Waals surface area contributed by atoms with Crippen LogP contribution >= 0.6 is 0 Å². The summed E-state index contributed by atoms with van der Waals surface area (Å²) in [6.45, 7) is 2.61. The van der Waals surface area contributed by atoms with E-state index in [1.54, 1.807) is 19.5 Å². The standard InChI is InChI=1S/C14H21N3O/c1-11(15)13(4-3-9-18-2)10-14(16)12-5-7-17-8-6-12/h5-8,10H,3-4,9,15-16H2,1-2H3/b13-11-,14-10-. The quantitative estimate of drug-likeness (QED) is 0.596. The van der Waals surface area contributed by atoms with Crippen molar-refractivity contribution >= 4 is 5.70 Å². The summed E-state index contributed by atoms with van der Waals surface area (Å²) in [5.74, 6) is 0. The van der Waals surface area contributed by atoms with E-state index in [1.165, 1.54) is 0 Å². The summed E-state index contributed by atoms with van der Waals surface area (Å²) < 4.78 is 5.04. The molecule has 18 heavy (non-hydrogen) atoms. The Kier molecular flexibility index (Phi) is 5.94. The maximum Gasteiger partial charge on any atom is 0.0465 e. The number of hydrogen-bond acceptors (Lipinski definition) is 4. The number of methoxy groups -OCH3 is 1. The van der Waals surface area contributed by atoms with Gasteiger partial charge >= 0.3 is 0 Å². The van der Waals surface area contributed by atoms with Crippen LogP contribution in [0.4, 0.5) is 0 Å². The molecule has 0 amide bonds. The second-order valence-corrected chi connectivity index (χ2v) is 4.14. The number of ether oxygens (including phenoxy) is 1. The summed E-state index contributed by atoms with van der Waals surface area (Å²) >= 11 is 0. The van der Waals surface area contributed by atoms with Gasteiger partial charge < -0.3 is 16.2 Å². The SMILES string of the molecule is COCCCC(/C=C(\N)c1ccncc1)=C(\C)N. The van der Waals surface area contributed by atoms with Crippen molar-refractivity contribution in [3.05, 3.63) is 47.4 Å². The molecule has 0 aliphatic rings. The van der Waals surface area contributed by atoms with Crippen molar-refractivity contribution in [2.75, 3.05) is 13.7 Å². The third kappa shape index (κ3) is 4.59. The number of allylic oxidation sites excluding steroid dienone is 3. The molecule has 0 radical (unpaired) electrons. The monoisotopic (exact) mass is 247 g/mol. The average Bonchev–Trinajstić information content (AvgIpc) is 2.38. The Balaban J connectivity index is 2.80. The molecule has 1 aromatic rings. The van der Waals surface area contributed by atoms with Crippen molar-refractivity contribution in [1.29, 1.82) is 0 Å². The number of aromatic nitrogens is 1. The first-order valence-electron chi connectivity index (χ1n) is 5.97. The molecule has 0 aromatic carbocycles. The van der Waals surface area contributed by atoms with Crippen molar-refractivity contribution in [2.24, 2.45) is 11.5 Å². The summed E-state index contributed by atoms with van der Waals surface area (Å²) in [5.41, 5.74) is 15.4. The van der Waals surface area contributed by atoms with Crippen molar-refractivity contribution < 1.29 is 4.74 Å². The van der Waals surface area contributed by atoms with Crippen LogP contribution in [0.1, 0.15) is 25.3 Å². The summed E-state index contributed by atoms with van der Waals surface area (Å²) in [5, 5.41) is 0. The third-order valence-electron chi connectivity index (χ3n) is 2.64. The van der Waals surface area contributed by atoms with Gasteiger partial charge in [-0.1, -0.05) is 0 Å². The van der Waals surface area contributed by atoms with Crippen LogP contribution < -0.4 is 11.5 Å². The molecule has 0 bridgehead atoms. The zero-order valence-corrected chi connectivity index (χ0v) is 11.0. The predicted molar refractivity (Wildman–Crippen MR) is 74.4 cm³/mol. The van der Waals surface area contributed by atoms with Gasteiger partial charge in [-0.05, 0) is 43.5 Å². The van der Waals surface area contributed by atoms with Gasteiger partial charge in [0.1, 0.15) is 0 Å². The molecule has 0 atom stereocenters. The summed E-state index contributed by atoms with van der Waals surface area (Å²) in [6.07, 6.45) is 7.17. The fraction of sp³-hybridized carbons (Fsp3) is 0.357. The van der Waals surface area contributed by atoms with E-state index in [2.05, 4.69) is 4.98 Å². The van der Waals surface area contributed by atoms with E-state index in [1.807, 2.05) is 25.1 Å². The van der Waals surface area contributed by atoms with Crippen LogP contribution in [0, 0.1) is 0 Å². The van der Waals surface area contributed by atoms with Crippen LogP contribution in [0.2, 0.25) is 0 Å². The molecular weight excluding hydrogens is 226 g/mol. The van der Waals surface area contributed by atoms with E-state index in [-0.39, 0.29) is 0 Å². The van der Waals surface area contributed by atoms with Crippen LogP contribution in [0.15, 0.2) is 41.9 Å². The van der Waals surface area contributed by atoms with Crippen molar-refractivity contribution in [3.8, 4) is 0 Å². The van der Waals surface area contributed by atoms with E-state index in [9.17, 15) is 0 Å². The number of rotatable bonds is 6. The Morgan fingerprint density at radius 1 is 1.33 bits per heavy atom. The highest BCUT2D eigenvalue weighted by atomic mass is 16.5. The van der Waals surface area contributed by atoms with Gasteiger partial charge in [0.25, 0.3) is 0 Å². The molecule has 1 aromatic heterocycles.